The summed E-state index contributed by atoms with van der Waals surface area (Å²) in [6.45, 7) is 0. The number of hydrogen-bond donors (Lipinski definition) is 4. The maximum atomic E-state index is 14.1. The van der Waals surface area contributed by atoms with E-state index in [-0.39, 0.29) is 16.8 Å². The van der Waals surface area contributed by atoms with E-state index in [1.54, 1.807) is 127 Å². The quantitative estimate of drug-likeness (QED) is 0.135. The maximum absolute atomic E-state index is 14.1. The van der Waals surface area contributed by atoms with Gasteiger partial charge in [0.25, 0.3) is 11.8 Å². The predicted octanol–water partition coefficient (Wildman–Crippen LogP) is 6.69. The molecule has 49 heavy (non-hydrogen) atoms. The Hall–Kier alpha value is -7.14. The summed E-state index contributed by atoms with van der Waals surface area (Å²) in [5.41, 5.74) is 2.43. The molecule has 1 heterocycles. The Kier molecular flexibility index (Phi) is 9.43. The number of benzene rings is 5. The maximum Gasteiger partial charge on any atom is 0.326 e. The Bertz CT molecular complexity index is 2130. The van der Waals surface area contributed by atoms with E-state index in [1.807, 2.05) is 6.07 Å². The van der Waals surface area contributed by atoms with Crippen LogP contribution in [-0.4, -0.2) is 39.4 Å². The molecule has 0 saturated heterocycles. The van der Waals surface area contributed by atoms with Gasteiger partial charge in [-0.05, 0) is 48.5 Å². The van der Waals surface area contributed by atoms with Gasteiger partial charge >= 0.3 is 12.1 Å². The molecular formula is C38H28N6O5. The van der Waals surface area contributed by atoms with E-state index >= 15 is 0 Å². The standard InChI is InChI=1S/C38H28N6O5/c45-34(26-15-7-2-8-16-26)31-32(36(47)42-38(49)40-29-19-11-4-12-20-29)43-44(33(31)25-13-5-1-6-14-25)30-23-21-27(22-24-30)35(46)41-37(48)39-28-17-9-3-10-18-28/h1-24H,(H2,39,41,46,48)(H2,40,42,47,49). The summed E-state index contributed by atoms with van der Waals surface area (Å²) in [6.07, 6.45) is 0. The van der Waals surface area contributed by atoms with Gasteiger partial charge in [0.05, 0.1) is 16.9 Å². The van der Waals surface area contributed by atoms with Gasteiger partial charge in [0.1, 0.15) is 0 Å². The Labute approximate surface area is 280 Å². The molecule has 11 heteroatoms. The molecule has 1 aromatic heterocycles. The van der Waals surface area contributed by atoms with Crippen molar-refractivity contribution in [1.29, 1.82) is 0 Å². The molecule has 0 spiro atoms. The first-order valence-electron chi connectivity index (χ1n) is 15.1. The number of urea groups is 2. The van der Waals surface area contributed by atoms with Gasteiger partial charge in [-0.3, -0.25) is 25.0 Å². The summed E-state index contributed by atoms with van der Waals surface area (Å²) in [4.78, 5) is 66.0. The SMILES string of the molecule is O=C(NC(=O)c1ccc(-n2nc(C(=O)NC(=O)Nc3ccccc3)c(C(=O)c3ccccc3)c2-c2ccccc2)cc1)Nc1ccccc1. The fraction of sp³-hybridized carbons (Fsp3) is 0. The number of carbonyl (C=O) groups excluding carboxylic acids is 5. The zero-order valence-corrected chi connectivity index (χ0v) is 25.8. The molecule has 0 atom stereocenters. The topological polar surface area (TPSA) is 151 Å². The van der Waals surface area contributed by atoms with Crippen LogP contribution in [0, 0.1) is 0 Å². The third-order valence-electron chi connectivity index (χ3n) is 7.30. The summed E-state index contributed by atoms with van der Waals surface area (Å²) < 4.78 is 1.42. The minimum atomic E-state index is -0.899. The first-order valence-corrected chi connectivity index (χ1v) is 15.1. The van der Waals surface area contributed by atoms with E-state index in [9.17, 15) is 24.0 Å². The molecule has 0 bridgehead atoms. The van der Waals surface area contributed by atoms with E-state index in [1.165, 1.54) is 16.8 Å². The van der Waals surface area contributed by atoms with Gasteiger partial charge in [0, 0.05) is 28.1 Å². The van der Waals surface area contributed by atoms with Crippen LogP contribution in [-0.2, 0) is 0 Å². The highest BCUT2D eigenvalue weighted by molar-refractivity contribution is 6.20. The minimum absolute atomic E-state index is 0.0261. The molecule has 6 aromatic rings. The van der Waals surface area contributed by atoms with Crippen LogP contribution in [0.5, 0.6) is 0 Å². The van der Waals surface area contributed by atoms with Crippen molar-refractivity contribution in [3.05, 3.63) is 168 Å². The molecule has 11 nitrogen and oxygen atoms in total. The Morgan fingerprint density at radius 3 is 1.49 bits per heavy atom. The van der Waals surface area contributed by atoms with Crippen LogP contribution in [0.15, 0.2) is 146 Å². The zero-order valence-electron chi connectivity index (χ0n) is 25.8. The monoisotopic (exact) mass is 648 g/mol. The van der Waals surface area contributed by atoms with Crippen LogP contribution < -0.4 is 21.3 Å². The largest absolute Gasteiger partial charge is 0.326 e. The highest BCUT2D eigenvalue weighted by Gasteiger charge is 2.31. The molecule has 6 rings (SSSR count). The highest BCUT2D eigenvalue weighted by atomic mass is 16.2. The minimum Gasteiger partial charge on any atom is -0.308 e. The van der Waals surface area contributed by atoms with Gasteiger partial charge in [-0.2, -0.15) is 5.10 Å². The van der Waals surface area contributed by atoms with Gasteiger partial charge in [-0.1, -0.05) is 97.1 Å². The number of imide groups is 2. The van der Waals surface area contributed by atoms with E-state index < -0.39 is 29.7 Å². The molecule has 0 unspecified atom stereocenters. The Morgan fingerprint density at radius 2 is 0.959 bits per heavy atom. The van der Waals surface area contributed by atoms with Crippen LogP contribution in [0.4, 0.5) is 21.0 Å². The number of nitrogens with one attached hydrogen (secondary N) is 4. The van der Waals surface area contributed by atoms with Crippen LogP contribution in [0.1, 0.15) is 36.8 Å². The number of ketones is 1. The molecule has 5 aromatic carbocycles. The van der Waals surface area contributed by atoms with Crippen LogP contribution in [0.25, 0.3) is 16.9 Å². The van der Waals surface area contributed by atoms with Gasteiger partial charge in [-0.15, -0.1) is 0 Å². The van der Waals surface area contributed by atoms with E-state index in [0.717, 1.165) is 0 Å². The first-order chi connectivity index (χ1) is 23.9. The van der Waals surface area contributed by atoms with E-state index in [0.29, 0.717) is 33.9 Å². The lowest BCUT2D eigenvalue weighted by Crippen LogP contribution is -2.35. The second-order valence-corrected chi connectivity index (χ2v) is 10.6. The summed E-state index contributed by atoms with van der Waals surface area (Å²) >= 11 is 0. The highest BCUT2D eigenvalue weighted by Crippen LogP contribution is 2.31. The molecule has 0 saturated carbocycles. The first kappa shape index (κ1) is 31.8. The van der Waals surface area contributed by atoms with E-state index in [2.05, 4.69) is 26.4 Å². The van der Waals surface area contributed by atoms with E-state index in [4.69, 9.17) is 0 Å². The number of anilines is 2. The van der Waals surface area contributed by atoms with Crippen LogP contribution in [0.2, 0.25) is 0 Å². The fourth-order valence-corrected chi connectivity index (χ4v) is 5.03. The fourth-order valence-electron chi connectivity index (χ4n) is 5.03. The van der Waals surface area contributed by atoms with Crippen molar-refractivity contribution in [2.75, 3.05) is 10.6 Å². The lowest BCUT2D eigenvalue weighted by atomic mass is 9.97. The lowest BCUT2D eigenvalue weighted by molar-refractivity contribution is 0.0947. The van der Waals surface area contributed by atoms with Crippen molar-refractivity contribution in [1.82, 2.24) is 20.4 Å². The summed E-state index contributed by atoms with van der Waals surface area (Å²) in [5.74, 6) is -2.03. The average molecular weight is 649 g/mol. The third kappa shape index (κ3) is 7.47. The summed E-state index contributed by atoms with van der Waals surface area (Å²) in [6, 6.07) is 39.2. The molecule has 0 aliphatic rings. The van der Waals surface area contributed by atoms with Crippen molar-refractivity contribution in [3.8, 4) is 16.9 Å². The molecule has 4 N–H and O–H groups in total. The average Bonchev–Trinajstić information content (AvgIpc) is 3.54. The normalized spacial score (nSPS) is 10.4. The smallest absolute Gasteiger partial charge is 0.308 e. The van der Waals surface area contributed by atoms with Crippen molar-refractivity contribution >= 4 is 41.0 Å². The second kappa shape index (κ2) is 14.5. The van der Waals surface area contributed by atoms with Crippen molar-refractivity contribution in [2.24, 2.45) is 0 Å². The van der Waals surface area contributed by atoms with Gasteiger partial charge in [0.15, 0.2) is 11.5 Å². The molecular weight excluding hydrogens is 620 g/mol. The molecule has 0 radical (unpaired) electrons. The summed E-state index contributed by atoms with van der Waals surface area (Å²) in [5, 5.41) is 14.3. The summed E-state index contributed by atoms with van der Waals surface area (Å²) in [7, 11) is 0. The molecule has 240 valence electrons. The zero-order chi connectivity index (χ0) is 34.2. The van der Waals surface area contributed by atoms with Crippen molar-refractivity contribution in [2.45, 2.75) is 0 Å². The van der Waals surface area contributed by atoms with Crippen LogP contribution in [0.3, 0.4) is 0 Å². The van der Waals surface area contributed by atoms with Crippen LogP contribution >= 0.6 is 0 Å². The molecule has 6 amide bonds. The Balaban J connectivity index is 1.37. The number of para-hydroxylation sites is 2. The number of aromatic nitrogens is 2. The Morgan fingerprint density at radius 1 is 0.490 bits per heavy atom. The number of rotatable bonds is 8. The second-order valence-electron chi connectivity index (χ2n) is 10.6. The van der Waals surface area contributed by atoms with Gasteiger partial charge < -0.3 is 10.6 Å². The third-order valence-corrected chi connectivity index (χ3v) is 7.30. The number of amides is 6. The lowest BCUT2D eigenvalue weighted by Gasteiger charge is -2.11. The van der Waals surface area contributed by atoms with Crippen molar-refractivity contribution in [3.63, 3.8) is 0 Å². The van der Waals surface area contributed by atoms with Gasteiger partial charge in [0.2, 0.25) is 0 Å². The molecule has 0 fully saturated rings. The molecule has 0 aliphatic heterocycles. The number of nitrogens with zero attached hydrogens (tertiary/aromatic N) is 2. The number of hydrogen-bond acceptors (Lipinski definition) is 6. The number of carbonyl (C=O) groups is 5. The van der Waals surface area contributed by atoms with Gasteiger partial charge in [-0.25, -0.2) is 14.3 Å². The molecule has 0 aliphatic carbocycles. The predicted molar refractivity (Wildman–Crippen MR) is 185 cm³/mol. The van der Waals surface area contributed by atoms with Crippen molar-refractivity contribution < 1.29 is 24.0 Å².